The van der Waals surface area contributed by atoms with E-state index in [1.165, 1.54) is 42.7 Å². The SMILES string of the molecule is COc1ccc(C(=O)N2CCN(C(=O)c3ccc(OC)c(OC)c3)CCN(C(=O)c3ccc(OC)c(OC)c3)CC2)cc1OC. The van der Waals surface area contributed by atoms with Gasteiger partial charge in [-0.2, -0.15) is 0 Å². The third-order valence-corrected chi connectivity index (χ3v) is 7.67. The van der Waals surface area contributed by atoms with Crippen LogP contribution in [0.1, 0.15) is 31.1 Å². The molecule has 1 aliphatic rings. The molecule has 0 aliphatic carbocycles. The Bertz CT molecular complexity index is 1340. The molecule has 240 valence electrons. The monoisotopic (exact) mass is 621 g/mol. The molecule has 0 saturated carbocycles. The maximum atomic E-state index is 13.8. The van der Waals surface area contributed by atoms with Gasteiger partial charge >= 0.3 is 0 Å². The average Bonchev–Trinajstić information content (AvgIpc) is 3.20. The Morgan fingerprint density at radius 3 is 0.822 bits per heavy atom. The van der Waals surface area contributed by atoms with Gasteiger partial charge in [-0.3, -0.25) is 14.4 Å². The molecule has 3 amide bonds. The summed E-state index contributed by atoms with van der Waals surface area (Å²) in [5.41, 5.74) is 1.17. The molecular weight excluding hydrogens is 582 g/mol. The minimum Gasteiger partial charge on any atom is -0.493 e. The number of carbonyl (C=O) groups excluding carboxylic acids is 3. The Morgan fingerprint density at radius 1 is 0.400 bits per heavy atom. The van der Waals surface area contributed by atoms with Crippen LogP contribution in [0.25, 0.3) is 0 Å². The van der Waals surface area contributed by atoms with E-state index in [9.17, 15) is 14.4 Å². The summed E-state index contributed by atoms with van der Waals surface area (Å²) in [7, 11) is 9.07. The zero-order valence-corrected chi connectivity index (χ0v) is 26.5. The van der Waals surface area contributed by atoms with Crippen LogP contribution in [0.3, 0.4) is 0 Å². The first kappa shape index (κ1) is 32.8. The zero-order chi connectivity index (χ0) is 32.5. The van der Waals surface area contributed by atoms with Crippen molar-refractivity contribution < 1.29 is 42.8 Å². The van der Waals surface area contributed by atoms with Gasteiger partial charge in [0.1, 0.15) is 0 Å². The Labute approximate surface area is 262 Å². The molecule has 0 N–H and O–H groups in total. The van der Waals surface area contributed by atoms with Crippen molar-refractivity contribution in [3.63, 3.8) is 0 Å². The van der Waals surface area contributed by atoms with E-state index in [1.54, 1.807) is 69.3 Å². The number of carbonyl (C=O) groups is 3. The zero-order valence-electron chi connectivity index (χ0n) is 26.5. The fourth-order valence-corrected chi connectivity index (χ4v) is 5.12. The van der Waals surface area contributed by atoms with Crippen LogP contribution in [0.4, 0.5) is 0 Å². The summed E-state index contributed by atoms with van der Waals surface area (Å²) >= 11 is 0. The number of benzene rings is 3. The summed E-state index contributed by atoms with van der Waals surface area (Å²) in [4.78, 5) is 46.3. The van der Waals surface area contributed by atoms with Crippen molar-refractivity contribution in [2.75, 3.05) is 81.9 Å². The number of hydrogen-bond donors (Lipinski definition) is 0. The normalized spacial score (nSPS) is 13.6. The third-order valence-electron chi connectivity index (χ3n) is 7.67. The third kappa shape index (κ3) is 7.34. The largest absolute Gasteiger partial charge is 0.493 e. The lowest BCUT2D eigenvalue weighted by Gasteiger charge is -2.26. The minimum atomic E-state index is -0.269. The molecule has 0 bridgehead atoms. The smallest absolute Gasteiger partial charge is 0.254 e. The molecule has 12 nitrogen and oxygen atoms in total. The van der Waals surface area contributed by atoms with E-state index in [1.807, 2.05) is 0 Å². The highest BCUT2D eigenvalue weighted by Crippen LogP contribution is 2.30. The van der Waals surface area contributed by atoms with Gasteiger partial charge in [-0.1, -0.05) is 0 Å². The lowest BCUT2D eigenvalue weighted by molar-refractivity contribution is 0.0679. The van der Waals surface area contributed by atoms with E-state index in [0.717, 1.165) is 0 Å². The fraction of sp³-hybridized carbons (Fsp3) is 0.364. The quantitative estimate of drug-likeness (QED) is 0.354. The first-order chi connectivity index (χ1) is 21.8. The number of amides is 3. The second kappa shape index (κ2) is 15.0. The topological polar surface area (TPSA) is 116 Å². The molecule has 0 spiro atoms. The number of ether oxygens (including phenoxy) is 6. The predicted molar refractivity (Wildman–Crippen MR) is 166 cm³/mol. The van der Waals surface area contributed by atoms with E-state index in [2.05, 4.69) is 0 Å². The minimum absolute atomic E-state index is 0.241. The molecule has 0 unspecified atom stereocenters. The van der Waals surface area contributed by atoms with Gasteiger partial charge in [0, 0.05) is 56.0 Å². The van der Waals surface area contributed by atoms with Crippen LogP contribution in [-0.2, 0) is 0 Å². The van der Waals surface area contributed by atoms with E-state index in [0.29, 0.717) is 51.2 Å². The molecule has 0 atom stereocenters. The maximum Gasteiger partial charge on any atom is 0.254 e. The van der Waals surface area contributed by atoms with Crippen molar-refractivity contribution in [3.8, 4) is 34.5 Å². The second-order valence-electron chi connectivity index (χ2n) is 10.1. The molecule has 0 radical (unpaired) electrons. The highest BCUT2D eigenvalue weighted by atomic mass is 16.5. The molecule has 12 heteroatoms. The van der Waals surface area contributed by atoms with Crippen LogP contribution < -0.4 is 28.4 Å². The standard InChI is InChI=1S/C33H39N3O9/c1-40-25-10-7-22(19-28(25)43-4)31(37)34-13-15-35(32(38)23-8-11-26(41-2)29(20-23)44-5)17-18-36(16-14-34)33(39)24-9-12-27(42-3)30(21-24)45-6/h7-12,19-21H,13-18H2,1-6H3. The Balaban J connectivity index is 1.66. The van der Waals surface area contributed by atoms with Gasteiger partial charge in [0.05, 0.1) is 42.7 Å². The van der Waals surface area contributed by atoms with Crippen LogP contribution in [-0.4, -0.2) is 114 Å². The lowest BCUT2D eigenvalue weighted by Crippen LogP contribution is -2.41. The first-order valence-electron chi connectivity index (χ1n) is 14.3. The second-order valence-corrected chi connectivity index (χ2v) is 10.1. The molecule has 3 aromatic carbocycles. The van der Waals surface area contributed by atoms with Crippen molar-refractivity contribution in [2.24, 2.45) is 0 Å². The van der Waals surface area contributed by atoms with E-state index >= 15 is 0 Å². The van der Waals surface area contributed by atoms with Crippen LogP contribution in [0.15, 0.2) is 54.6 Å². The lowest BCUT2D eigenvalue weighted by atomic mass is 10.1. The molecule has 45 heavy (non-hydrogen) atoms. The Hall–Kier alpha value is -5.13. The van der Waals surface area contributed by atoms with Crippen LogP contribution in [0, 0.1) is 0 Å². The molecule has 1 heterocycles. The van der Waals surface area contributed by atoms with Gasteiger partial charge in [0.15, 0.2) is 34.5 Å². The predicted octanol–water partition coefficient (Wildman–Crippen LogP) is 3.48. The molecule has 1 aliphatic heterocycles. The van der Waals surface area contributed by atoms with E-state index in [4.69, 9.17) is 28.4 Å². The van der Waals surface area contributed by atoms with Crippen molar-refractivity contribution in [1.29, 1.82) is 0 Å². The van der Waals surface area contributed by atoms with Gasteiger partial charge in [-0.05, 0) is 54.6 Å². The van der Waals surface area contributed by atoms with Crippen LogP contribution in [0.5, 0.6) is 34.5 Å². The van der Waals surface area contributed by atoms with Crippen LogP contribution in [0.2, 0.25) is 0 Å². The molecule has 1 saturated heterocycles. The van der Waals surface area contributed by atoms with Gasteiger partial charge in [0.25, 0.3) is 17.7 Å². The molecule has 4 rings (SSSR count). The summed E-state index contributed by atoms with van der Waals surface area (Å²) in [5.74, 6) is 1.94. The van der Waals surface area contributed by atoms with Crippen molar-refractivity contribution in [2.45, 2.75) is 0 Å². The van der Waals surface area contributed by atoms with Gasteiger partial charge in [0.2, 0.25) is 0 Å². The number of rotatable bonds is 9. The molecule has 3 aromatic rings. The first-order valence-corrected chi connectivity index (χ1v) is 14.3. The summed E-state index contributed by atoms with van der Waals surface area (Å²) in [6.07, 6.45) is 0. The number of hydrogen-bond acceptors (Lipinski definition) is 9. The summed E-state index contributed by atoms with van der Waals surface area (Å²) in [6.45, 7) is 1.44. The van der Waals surface area contributed by atoms with E-state index < -0.39 is 0 Å². The maximum absolute atomic E-state index is 13.8. The molecule has 1 fully saturated rings. The summed E-state index contributed by atoms with van der Waals surface area (Å²) in [5, 5.41) is 0. The Morgan fingerprint density at radius 2 is 0.622 bits per heavy atom. The van der Waals surface area contributed by atoms with Gasteiger partial charge in [-0.25, -0.2) is 0 Å². The molecular formula is C33H39N3O9. The van der Waals surface area contributed by atoms with Gasteiger partial charge in [-0.15, -0.1) is 0 Å². The van der Waals surface area contributed by atoms with E-state index in [-0.39, 0.29) is 57.0 Å². The summed E-state index contributed by atoms with van der Waals surface area (Å²) < 4.78 is 32.2. The van der Waals surface area contributed by atoms with Gasteiger partial charge < -0.3 is 43.1 Å². The highest BCUT2D eigenvalue weighted by Gasteiger charge is 2.27. The number of nitrogens with zero attached hydrogens (tertiary/aromatic N) is 3. The summed E-state index contributed by atoms with van der Waals surface area (Å²) in [6, 6.07) is 14.8. The Kier molecular flexibility index (Phi) is 11.0. The average molecular weight is 622 g/mol. The number of methoxy groups -OCH3 is 6. The van der Waals surface area contributed by atoms with Crippen molar-refractivity contribution >= 4 is 17.7 Å². The highest BCUT2D eigenvalue weighted by molar-refractivity contribution is 5.97. The molecule has 0 aromatic heterocycles. The van der Waals surface area contributed by atoms with Crippen LogP contribution >= 0.6 is 0 Å². The van der Waals surface area contributed by atoms with Crippen molar-refractivity contribution in [1.82, 2.24) is 14.7 Å². The van der Waals surface area contributed by atoms with Crippen molar-refractivity contribution in [3.05, 3.63) is 71.3 Å². The fourth-order valence-electron chi connectivity index (χ4n) is 5.12.